The van der Waals surface area contributed by atoms with E-state index < -0.39 is 5.54 Å². The molecule has 3 N–H and O–H groups in total. The highest BCUT2D eigenvalue weighted by atomic mass is 32.2. The van der Waals surface area contributed by atoms with E-state index in [9.17, 15) is 10.1 Å². The van der Waals surface area contributed by atoms with Crippen LogP contribution in [0.2, 0.25) is 0 Å². The molecule has 0 spiro atoms. The van der Waals surface area contributed by atoms with Crippen molar-refractivity contribution in [1.29, 1.82) is 5.26 Å². The predicted molar refractivity (Wildman–Crippen MR) is 87.0 cm³/mol. The van der Waals surface area contributed by atoms with E-state index in [1.807, 2.05) is 0 Å². The van der Waals surface area contributed by atoms with Crippen molar-refractivity contribution < 1.29 is 4.79 Å². The van der Waals surface area contributed by atoms with Gasteiger partial charge in [0, 0.05) is 5.92 Å². The number of nitrogen functional groups attached to an aromatic ring is 1. The average molecular weight is 334 g/mol. The third-order valence-corrected chi connectivity index (χ3v) is 5.63. The van der Waals surface area contributed by atoms with Gasteiger partial charge in [0.15, 0.2) is 5.82 Å². The van der Waals surface area contributed by atoms with Crippen LogP contribution >= 0.6 is 11.8 Å². The van der Waals surface area contributed by atoms with E-state index in [1.54, 1.807) is 6.92 Å². The Balaban J connectivity index is 1.62. The zero-order chi connectivity index (χ0) is 16.4. The summed E-state index contributed by atoms with van der Waals surface area (Å²) in [5.41, 5.74) is -0.709. The summed E-state index contributed by atoms with van der Waals surface area (Å²) in [4.78, 5) is 12.5. The average Bonchev–Trinajstić information content (AvgIpc) is 3.33. The largest absolute Gasteiger partial charge is 0.337 e. The van der Waals surface area contributed by atoms with Crippen molar-refractivity contribution in [2.75, 3.05) is 5.84 Å². The molecule has 2 aliphatic rings. The van der Waals surface area contributed by atoms with Gasteiger partial charge in [-0.2, -0.15) is 5.26 Å². The van der Waals surface area contributed by atoms with Crippen molar-refractivity contribution in [1.82, 2.24) is 20.2 Å². The Morgan fingerprint density at radius 2 is 2.13 bits per heavy atom. The molecule has 3 rings (SSSR count). The van der Waals surface area contributed by atoms with Crippen LogP contribution < -0.4 is 11.2 Å². The fourth-order valence-electron chi connectivity index (χ4n) is 2.96. The number of nitrogens with zero attached hydrogens (tertiary/aromatic N) is 4. The first kappa shape index (κ1) is 16.1. The Morgan fingerprint density at radius 3 is 2.74 bits per heavy atom. The number of aromatic nitrogens is 3. The fourth-order valence-corrected chi connectivity index (χ4v) is 3.74. The zero-order valence-corrected chi connectivity index (χ0v) is 14.1. The second kappa shape index (κ2) is 6.40. The standard InChI is InChI=1S/C15H22N6OS/c1-10(13(22)18-15(9-16)7-3-2-4-8-15)23-14-20-19-12(21(14)17)11-5-6-11/h10-11H,2-8,17H2,1H3,(H,18,22)/t10-/m0/s1. The van der Waals surface area contributed by atoms with Crippen molar-refractivity contribution in [3.8, 4) is 6.07 Å². The van der Waals surface area contributed by atoms with Crippen LogP contribution in [0.5, 0.6) is 0 Å². The molecule has 2 saturated carbocycles. The molecule has 0 aliphatic heterocycles. The highest BCUT2D eigenvalue weighted by molar-refractivity contribution is 8.00. The molecule has 0 unspecified atom stereocenters. The van der Waals surface area contributed by atoms with E-state index >= 15 is 0 Å². The summed E-state index contributed by atoms with van der Waals surface area (Å²) >= 11 is 1.28. The third-order valence-electron chi connectivity index (χ3n) is 4.57. The molecule has 1 heterocycles. The van der Waals surface area contributed by atoms with Crippen LogP contribution in [0.15, 0.2) is 5.16 Å². The van der Waals surface area contributed by atoms with Gasteiger partial charge >= 0.3 is 0 Å². The Morgan fingerprint density at radius 1 is 1.43 bits per heavy atom. The zero-order valence-electron chi connectivity index (χ0n) is 13.3. The van der Waals surface area contributed by atoms with Gasteiger partial charge < -0.3 is 11.2 Å². The maximum absolute atomic E-state index is 12.5. The molecule has 23 heavy (non-hydrogen) atoms. The molecule has 2 fully saturated rings. The summed E-state index contributed by atoms with van der Waals surface area (Å²) in [6, 6.07) is 2.31. The van der Waals surface area contributed by atoms with Crippen LogP contribution in [0, 0.1) is 11.3 Å². The Labute approximate surface area is 140 Å². The van der Waals surface area contributed by atoms with Crippen LogP contribution in [-0.2, 0) is 4.79 Å². The lowest BCUT2D eigenvalue weighted by Crippen LogP contribution is -2.51. The van der Waals surface area contributed by atoms with Crippen LogP contribution in [0.4, 0.5) is 0 Å². The van der Waals surface area contributed by atoms with E-state index in [-0.39, 0.29) is 11.2 Å². The second-order valence-corrected chi connectivity index (χ2v) is 7.80. The van der Waals surface area contributed by atoms with Gasteiger partial charge in [-0.05, 0) is 32.6 Å². The van der Waals surface area contributed by atoms with Gasteiger partial charge in [-0.25, -0.2) is 4.68 Å². The smallest absolute Gasteiger partial charge is 0.234 e. The minimum absolute atomic E-state index is 0.144. The molecule has 0 bridgehead atoms. The normalized spacial score (nSPS) is 21.4. The lowest BCUT2D eigenvalue weighted by atomic mass is 9.83. The maximum Gasteiger partial charge on any atom is 0.234 e. The van der Waals surface area contributed by atoms with Crippen molar-refractivity contribution in [2.24, 2.45) is 0 Å². The van der Waals surface area contributed by atoms with Crippen molar-refractivity contribution >= 4 is 17.7 Å². The first-order valence-electron chi connectivity index (χ1n) is 8.15. The number of amides is 1. The highest BCUT2D eigenvalue weighted by Crippen LogP contribution is 2.39. The molecular formula is C15H22N6OS. The fraction of sp³-hybridized carbons (Fsp3) is 0.733. The number of carbonyl (C=O) groups excluding carboxylic acids is 1. The Bertz CT molecular complexity index is 626. The number of nitrogens with two attached hydrogens (primary N) is 1. The Hall–Kier alpha value is -1.75. The highest BCUT2D eigenvalue weighted by Gasteiger charge is 2.35. The molecule has 1 atom stereocenters. The number of thioether (sulfide) groups is 1. The van der Waals surface area contributed by atoms with E-state index in [0.717, 1.165) is 50.8 Å². The lowest BCUT2D eigenvalue weighted by Gasteiger charge is -2.32. The van der Waals surface area contributed by atoms with Gasteiger partial charge in [0.1, 0.15) is 5.54 Å². The summed E-state index contributed by atoms with van der Waals surface area (Å²) in [5.74, 6) is 7.08. The minimum Gasteiger partial charge on any atom is -0.337 e. The van der Waals surface area contributed by atoms with Crippen LogP contribution in [0.1, 0.15) is 63.6 Å². The molecule has 124 valence electrons. The molecule has 1 aromatic rings. The topological polar surface area (TPSA) is 110 Å². The van der Waals surface area contributed by atoms with Crippen molar-refractivity contribution in [3.63, 3.8) is 0 Å². The SMILES string of the molecule is C[C@H](Sc1nnc(C2CC2)n1N)C(=O)NC1(C#N)CCCCC1. The first-order valence-corrected chi connectivity index (χ1v) is 9.03. The summed E-state index contributed by atoms with van der Waals surface area (Å²) in [6.07, 6.45) is 6.75. The monoisotopic (exact) mass is 334 g/mol. The van der Waals surface area contributed by atoms with Crippen LogP contribution in [-0.4, -0.2) is 31.6 Å². The molecule has 0 saturated heterocycles. The molecule has 7 nitrogen and oxygen atoms in total. The number of carbonyl (C=O) groups is 1. The third kappa shape index (κ3) is 3.44. The number of nitriles is 1. The molecule has 8 heteroatoms. The van der Waals surface area contributed by atoms with E-state index in [1.165, 1.54) is 16.4 Å². The summed E-state index contributed by atoms with van der Waals surface area (Å²) in [7, 11) is 0. The van der Waals surface area contributed by atoms with Gasteiger partial charge in [0.05, 0.1) is 11.3 Å². The van der Waals surface area contributed by atoms with E-state index in [2.05, 4.69) is 21.6 Å². The summed E-state index contributed by atoms with van der Waals surface area (Å²) in [5, 5.41) is 20.8. The molecule has 0 radical (unpaired) electrons. The van der Waals surface area contributed by atoms with Gasteiger partial charge in [0.2, 0.25) is 11.1 Å². The maximum atomic E-state index is 12.5. The molecule has 1 aromatic heterocycles. The first-order chi connectivity index (χ1) is 11.0. The number of hydrogen-bond donors (Lipinski definition) is 2. The minimum atomic E-state index is -0.709. The quantitative estimate of drug-likeness (QED) is 0.626. The van der Waals surface area contributed by atoms with E-state index in [4.69, 9.17) is 5.84 Å². The van der Waals surface area contributed by atoms with Crippen LogP contribution in [0.3, 0.4) is 0 Å². The second-order valence-electron chi connectivity index (χ2n) is 6.49. The lowest BCUT2D eigenvalue weighted by molar-refractivity contribution is -0.121. The molecule has 0 aromatic carbocycles. The van der Waals surface area contributed by atoms with Crippen LogP contribution in [0.25, 0.3) is 0 Å². The van der Waals surface area contributed by atoms with E-state index in [0.29, 0.717) is 11.1 Å². The molecule has 2 aliphatic carbocycles. The summed E-state index contributed by atoms with van der Waals surface area (Å²) in [6.45, 7) is 1.80. The molecule has 1 amide bonds. The Kier molecular flexibility index (Phi) is 4.48. The number of hydrogen-bond acceptors (Lipinski definition) is 6. The number of rotatable bonds is 5. The van der Waals surface area contributed by atoms with Gasteiger partial charge in [-0.3, -0.25) is 4.79 Å². The van der Waals surface area contributed by atoms with Crippen molar-refractivity contribution in [2.45, 2.75) is 73.7 Å². The van der Waals surface area contributed by atoms with Crippen molar-refractivity contribution in [3.05, 3.63) is 5.82 Å². The van der Waals surface area contributed by atoms with Gasteiger partial charge in [-0.15, -0.1) is 10.2 Å². The summed E-state index contributed by atoms with van der Waals surface area (Å²) < 4.78 is 1.49. The van der Waals surface area contributed by atoms with Gasteiger partial charge in [-0.1, -0.05) is 31.0 Å². The molecular weight excluding hydrogens is 312 g/mol. The predicted octanol–water partition coefficient (Wildman–Crippen LogP) is 1.69. The van der Waals surface area contributed by atoms with Gasteiger partial charge in [0.25, 0.3) is 0 Å². The number of nitrogens with one attached hydrogen (secondary N) is 1.